The predicted octanol–water partition coefficient (Wildman–Crippen LogP) is 1.56. The van der Waals surface area contributed by atoms with Crippen LogP contribution in [-0.2, 0) is 17.6 Å². The minimum Gasteiger partial charge on any atom is -0.475 e. The highest BCUT2D eigenvalue weighted by Gasteiger charge is 2.38. The van der Waals surface area contributed by atoms with Crippen molar-refractivity contribution in [1.29, 1.82) is 0 Å². The highest BCUT2D eigenvalue weighted by Crippen LogP contribution is 2.13. The second-order valence-electron chi connectivity index (χ2n) is 4.65. The molecule has 2 N–H and O–H groups in total. The maximum Gasteiger partial charge on any atom is 0.490 e. The van der Waals surface area contributed by atoms with Gasteiger partial charge in [-0.15, -0.1) is 0 Å². The molecular formula is C13H15F3N4O4. The number of hydrogen-bond donors (Lipinski definition) is 2. The van der Waals surface area contributed by atoms with E-state index in [-0.39, 0.29) is 5.56 Å². The van der Waals surface area contributed by atoms with E-state index in [0.717, 1.165) is 0 Å². The van der Waals surface area contributed by atoms with Crippen molar-refractivity contribution in [3.05, 3.63) is 39.2 Å². The second kappa shape index (κ2) is 7.70. The van der Waals surface area contributed by atoms with E-state index < -0.39 is 12.1 Å². The molecule has 24 heavy (non-hydrogen) atoms. The van der Waals surface area contributed by atoms with Gasteiger partial charge in [0, 0.05) is 17.7 Å². The lowest BCUT2D eigenvalue weighted by Gasteiger charge is -2.01. The lowest BCUT2D eigenvalue weighted by Crippen LogP contribution is -2.21. The number of halogens is 3. The number of carboxylic acid groups (broad SMARTS) is 1. The number of alkyl halides is 3. The van der Waals surface area contributed by atoms with E-state index in [1.54, 1.807) is 13.8 Å². The van der Waals surface area contributed by atoms with Crippen LogP contribution in [0.25, 0.3) is 0 Å². The minimum atomic E-state index is -5.08. The number of hydrogen-bond acceptors (Lipinski definition) is 6. The van der Waals surface area contributed by atoms with Crippen molar-refractivity contribution < 1.29 is 27.6 Å². The van der Waals surface area contributed by atoms with Crippen molar-refractivity contribution in [2.45, 2.75) is 39.8 Å². The molecule has 2 rings (SSSR count). The monoisotopic (exact) mass is 348 g/mol. The lowest BCUT2D eigenvalue weighted by atomic mass is 10.1. The molecule has 132 valence electrons. The quantitative estimate of drug-likeness (QED) is 0.863. The lowest BCUT2D eigenvalue weighted by molar-refractivity contribution is -0.192. The molecule has 0 amide bonds. The molecule has 8 nitrogen and oxygen atoms in total. The van der Waals surface area contributed by atoms with Gasteiger partial charge < -0.3 is 14.6 Å². The zero-order valence-electron chi connectivity index (χ0n) is 13.1. The normalized spacial score (nSPS) is 10.9. The van der Waals surface area contributed by atoms with Crippen LogP contribution in [0.1, 0.15) is 35.7 Å². The van der Waals surface area contributed by atoms with E-state index in [1.165, 1.54) is 0 Å². The summed E-state index contributed by atoms with van der Waals surface area (Å²) in [7, 11) is 0. The molecule has 0 saturated heterocycles. The zero-order valence-corrected chi connectivity index (χ0v) is 13.1. The Bertz CT molecular complexity index is 767. The Morgan fingerprint density at radius 1 is 1.29 bits per heavy atom. The van der Waals surface area contributed by atoms with Crippen molar-refractivity contribution >= 4 is 5.97 Å². The summed E-state index contributed by atoms with van der Waals surface area (Å²) in [4.78, 5) is 31.7. The summed E-state index contributed by atoms with van der Waals surface area (Å²) >= 11 is 0. The molecule has 0 spiro atoms. The number of H-pyrrole nitrogens is 1. The average Bonchev–Trinajstić information content (AvgIpc) is 2.90. The van der Waals surface area contributed by atoms with Crippen LogP contribution in [0.3, 0.4) is 0 Å². The minimum absolute atomic E-state index is 0.147. The Morgan fingerprint density at radius 2 is 1.88 bits per heavy atom. The first-order chi connectivity index (χ1) is 11.0. The third-order valence-electron chi connectivity index (χ3n) is 2.74. The van der Waals surface area contributed by atoms with Gasteiger partial charge in [0.15, 0.2) is 5.82 Å². The molecule has 0 aliphatic rings. The number of nitrogens with zero attached hydrogens (tertiary/aromatic N) is 3. The van der Waals surface area contributed by atoms with Crippen LogP contribution in [0.2, 0.25) is 0 Å². The van der Waals surface area contributed by atoms with E-state index in [4.69, 9.17) is 14.4 Å². The third kappa shape index (κ3) is 5.48. The number of carbonyl (C=O) groups is 1. The zero-order chi connectivity index (χ0) is 18.5. The molecule has 2 aromatic rings. The van der Waals surface area contributed by atoms with Crippen molar-refractivity contribution in [1.82, 2.24) is 20.1 Å². The molecule has 2 aromatic heterocycles. The Balaban J connectivity index is 0.000000351. The molecule has 0 bridgehead atoms. The van der Waals surface area contributed by atoms with Gasteiger partial charge in [-0.3, -0.25) is 4.79 Å². The fourth-order valence-electron chi connectivity index (χ4n) is 1.62. The van der Waals surface area contributed by atoms with E-state index in [1.807, 2.05) is 6.92 Å². The summed E-state index contributed by atoms with van der Waals surface area (Å²) in [6.07, 6.45) is -4.05. The van der Waals surface area contributed by atoms with Crippen LogP contribution < -0.4 is 5.56 Å². The van der Waals surface area contributed by atoms with E-state index in [0.29, 0.717) is 41.6 Å². The van der Waals surface area contributed by atoms with Crippen molar-refractivity contribution in [2.24, 2.45) is 0 Å². The fourth-order valence-corrected chi connectivity index (χ4v) is 1.62. The number of aromatic nitrogens is 4. The van der Waals surface area contributed by atoms with E-state index in [9.17, 15) is 18.0 Å². The van der Waals surface area contributed by atoms with E-state index >= 15 is 0 Å². The molecule has 0 radical (unpaired) electrons. The third-order valence-corrected chi connectivity index (χ3v) is 2.74. The van der Waals surface area contributed by atoms with Gasteiger partial charge in [-0.25, -0.2) is 9.78 Å². The predicted molar refractivity (Wildman–Crippen MR) is 74.5 cm³/mol. The number of nitrogens with one attached hydrogen (secondary N) is 1. The number of aromatic amines is 1. The summed E-state index contributed by atoms with van der Waals surface area (Å²) in [5.41, 5.74) is 1.12. The largest absolute Gasteiger partial charge is 0.490 e. The van der Waals surface area contributed by atoms with Gasteiger partial charge in [-0.05, 0) is 13.8 Å². The highest BCUT2D eigenvalue weighted by atomic mass is 19.4. The topological polar surface area (TPSA) is 122 Å². The van der Waals surface area contributed by atoms with Crippen molar-refractivity contribution in [3.63, 3.8) is 0 Å². The molecule has 0 saturated carbocycles. The number of rotatable bonds is 3. The molecule has 2 heterocycles. The summed E-state index contributed by atoms with van der Waals surface area (Å²) in [5.74, 6) is -1.06. The van der Waals surface area contributed by atoms with Gasteiger partial charge in [0.1, 0.15) is 5.82 Å². The van der Waals surface area contributed by atoms with Gasteiger partial charge in [0.05, 0.1) is 6.42 Å². The van der Waals surface area contributed by atoms with Gasteiger partial charge >= 0.3 is 12.1 Å². The fraction of sp³-hybridized carbons (Fsp3) is 0.462. The molecular weight excluding hydrogens is 333 g/mol. The average molecular weight is 348 g/mol. The SMILES string of the molecule is CCc1noc(Cc2c(C)nc(C)[nH]c2=O)n1.O=C(O)C(F)(F)F. The number of aliphatic carboxylic acids is 1. The van der Waals surface area contributed by atoms with E-state index in [2.05, 4.69) is 20.1 Å². The molecule has 0 aliphatic carbocycles. The van der Waals surface area contributed by atoms with Gasteiger partial charge in [-0.2, -0.15) is 18.2 Å². The first-order valence-corrected chi connectivity index (χ1v) is 6.72. The van der Waals surface area contributed by atoms with Crippen LogP contribution in [0.15, 0.2) is 9.32 Å². The molecule has 0 fully saturated rings. The Labute approximate surface area is 133 Å². The standard InChI is InChI=1S/C11H14N4O2.C2HF3O2/c1-4-9-14-10(17-15-9)5-8-6(2)12-7(3)13-11(8)16;3-2(4,5)1(6)7/h4-5H2,1-3H3,(H,12,13,16);(H,6,7). The highest BCUT2D eigenvalue weighted by molar-refractivity contribution is 5.73. The summed E-state index contributed by atoms with van der Waals surface area (Å²) in [6, 6.07) is 0. The van der Waals surface area contributed by atoms with Crippen LogP contribution in [0.5, 0.6) is 0 Å². The van der Waals surface area contributed by atoms with Crippen LogP contribution in [-0.4, -0.2) is 37.4 Å². The van der Waals surface area contributed by atoms with Gasteiger partial charge in [-0.1, -0.05) is 12.1 Å². The van der Waals surface area contributed by atoms with Crippen LogP contribution >= 0.6 is 0 Å². The Morgan fingerprint density at radius 3 is 2.29 bits per heavy atom. The molecule has 0 aliphatic heterocycles. The molecule has 0 unspecified atom stereocenters. The molecule has 0 aromatic carbocycles. The molecule has 11 heteroatoms. The maximum atomic E-state index is 11.8. The second-order valence-corrected chi connectivity index (χ2v) is 4.65. The van der Waals surface area contributed by atoms with Crippen molar-refractivity contribution in [2.75, 3.05) is 0 Å². The van der Waals surface area contributed by atoms with Crippen LogP contribution in [0.4, 0.5) is 13.2 Å². The first kappa shape index (κ1) is 19.3. The summed E-state index contributed by atoms with van der Waals surface area (Å²) < 4.78 is 36.8. The van der Waals surface area contributed by atoms with Crippen LogP contribution in [0, 0.1) is 13.8 Å². The van der Waals surface area contributed by atoms with Gasteiger partial charge in [0.25, 0.3) is 5.56 Å². The van der Waals surface area contributed by atoms with Crippen molar-refractivity contribution in [3.8, 4) is 0 Å². The Kier molecular flexibility index (Phi) is 6.20. The maximum absolute atomic E-state index is 11.8. The molecule has 0 atom stereocenters. The smallest absolute Gasteiger partial charge is 0.475 e. The number of carboxylic acids is 1. The number of aryl methyl sites for hydroxylation is 3. The summed E-state index contributed by atoms with van der Waals surface area (Å²) in [6.45, 7) is 5.49. The Hall–Kier alpha value is -2.72. The summed E-state index contributed by atoms with van der Waals surface area (Å²) in [5, 5.41) is 10.9. The van der Waals surface area contributed by atoms with Gasteiger partial charge in [0.2, 0.25) is 5.89 Å². The first-order valence-electron chi connectivity index (χ1n) is 6.72.